The normalized spacial score (nSPS) is 12.4. The van der Waals surface area contributed by atoms with Crippen LogP contribution in [0.25, 0.3) is 27.5 Å². The first kappa shape index (κ1) is 19.4. The number of para-hydroxylation sites is 1. The largest absolute Gasteiger partial charge is 0.349 e. The molecular formula is C28H22N3O2+. The molecule has 0 saturated heterocycles. The number of nitrogens with zero attached hydrogens (tertiary/aromatic N) is 1. The lowest BCUT2D eigenvalue weighted by atomic mass is 10.0. The van der Waals surface area contributed by atoms with Gasteiger partial charge >= 0.3 is 0 Å². The summed E-state index contributed by atoms with van der Waals surface area (Å²) in [5.41, 5.74) is 6.46. The smallest absolute Gasteiger partial charge is 0.284 e. The van der Waals surface area contributed by atoms with E-state index in [0.29, 0.717) is 22.7 Å². The number of carbonyl (C=O) groups is 2. The Morgan fingerprint density at radius 1 is 0.939 bits per heavy atom. The van der Waals surface area contributed by atoms with Gasteiger partial charge in [-0.15, -0.1) is 0 Å². The Balaban J connectivity index is 1.39. The molecule has 0 saturated carbocycles. The lowest BCUT2D eigenvalue weighted by Gasteiger charge is -2.08. The predicted molar refractivity (Wildman–Crippen MR) is 129 cm³/mol. The number of ketones is 1. The van der Waals surface area contributed by atoms with Crippen molar-refractivity contribution in [1.82, 2.24) is 4.98 Å². The fourth-order valence-electron chi connectivity index (χ4n) is 4.64. The maximum atomic E-state index is 13.1. The molecule has 0 atom stereocenters. The van der Waals surface area contributed by atoms with Gasteiger partial charge in [0.1, 0.15) is 11.1 Å². The summed E-state index contributed by atoms with van der Waals surface area (Å²) in [7, 11) is 0. The molecule has 5 heteroatoms. The van der Waals surface area contributed by atoms with Gasteiger partial charge in [0.05, 0.1) is 0 Å². The summed E-state index contributed by atoms with van der Waals surface area (Å²) in [6, 6.07) is 23.2. The summed E-state index contributed by atoms with van der Waals surface area (Å²) in [5.74, 6) is 0.284. The molecule has 33 heavy (non-hydrogen) atoms. The van der Waals surface area contributed by atoms with E-state index in [-0.39, 0.29) is 11.7 Å². The summed E-state index contributed by atoms with van der Waals surface area (Å²) >= 11 is 0. The van der Waals surface area contributed by atoms with E-state index in [9.17, 15) is 9.59 Å². The molecule has 5 aromatic rings. The molecule has 2 aromatic heterocycles. The first-order chi connectivity index (χ1) is 16.0. The Kier molecular flexibility index (Phi) is 4.20. The number of H-pyrrole nitrogens is 1. The van der Waals surface area contributed by atoms with Crippen LogP contribution in [0.4, 0.5) is 5.69 Å². The van der Waals surface area contributed by atoms with E-state index in [0.717, 1.165) is 33.2 Å². The van der Waals surface area contributed by atoms with Crippen LogP contribution in [-0.4, -0.2) is 16.7 Å². The number of benzene rings is 3. The number of anilines is 1. The minimum absolute atomic E-state index is 0.00515. The zero-order valence-corrected chi connectivity index (χ0v) is 18.3. The third-order valence-corrected chi connectivity index (χ3v) is 6.43. The maximum Gasteiger partial charge on any atom is 0.284 e. The molecule has 1 aliphatic rings. The Morgan fingerprint density at radius 2 is 1.73 bits per heavy atom. The van der Waals surface area contributed by atoms with Crippen LogP contribution >= 0.6 is 0 Å². The Bertz CT molecular complexity index is 1590. The minimum atomic E-state index is -0.164. The van der Waals surface area contributed by atoms with Crippen LogP contribution in [0, 0.1) is 0 Å². The van der Waals surface area contributed by atoms with Crippen LogP contribution in [-0.2, 0) is 0 Å². The van der Waals surface area contributed by atoms with Crippen molar-refractivity contribution in [3.05, 3.63) is 101 Å². The van der Waals surface area contributed by atoms with Crippen molar-refractivity contribution in [3.8, 4) is 5.69 Å². The van der Waals surface area contributed by atoms with Crippen molar-refractivity contribution >= 4 is 39.2 Å². The van der Waals surface area contributed by atoms with Crippen molar-refractivity contribution in [2.24, 2.45) is 0 Å². The maximum absolute atomic E-state index is 13.1. The monoisotopic (exact) mass is 432 g/mol. The van der Waals surface area contributed by atoms with Crippen LogP contribution in [0.1, 0.15) is 51.7 Å². The van der Waals surface area contributed by atoms with Gasteiger partial charge in [0, 0.05) is 39.7 Å². The molecule has 0 bridgehead atoms. The molecule has 5 nitrogen and oxygen atoms in total. The zero-order chi connectivity index (χ0) is 22.7. The summed E-state index contributed by atoms with van der Waals surface area (Å²) < 4.78 is 1.93. The molecule has 2 N–H and O–H groups in total. The molecule has 6 rings (SSSR count). The van der Waals surface area contributed by atoms with Crippen molar-refractivity contribution in [3.63, 3.8) is 0 Å². The van der Waals surface area contributed by atoms with Crippen molar-refractivity contribution < 1.29 is 14.2 Å². The third-order valence-electron chi connectivity index (χ3n) is 6.43. The molecule has 0 fully saturated rings. The number of aromatic amines is 1. The molecule has 1 amide bonds. The van der Waals surface area contributed by atoms with Crippen LogP contribution in [0.3, 0.4) is 0 Å². The number of fused-ring (bicyclic) bond motifs is 7. The standard InChI is InChI=1S/C28H21N3O2/c1-16(2)17-7-10-19(11-8-17)29-28(33)18-9-12-23-22(15-18)20-13-14-31-24-6-4-3-5-21(24)27(32)26(31)25(20)30-23/h3-16H,1-2H3,(H,29,33)/p+1. The average molecular weight is 433 g/mol. The van der Waals surface area contributed by atoms with Crippen LogP contribution in [0.5, 0.6) is 0 Å². The number of nitrogens with one attached hydrogen (secondary N) is 2. The lowest BCUT2D eigenvalue weighted by Crippen LogP contribution is -2.31. The highest BCUT2D eigenvalue weighted by Gasteiger charge is 2.38. The SMILES string of the molecule is CC(C)c1ccc(NC(=O)c2ccc3[nH]c4c5[n+](ccc4c3c2)-c2ccccc2C5=O)cc1. The highest BCUT2D eigenvalue weighted by Crippen LogP contribution is 2.31. The van der Waals surface area contributed by atoms with Crippen LogP contribution < -0.4 is 9.88 Å². The number of rotatable bonds is 3. The zero-order valence-electron chi connectivity index (χ0n) is 18.3. The molecule has 3 heterocycles. The van der Waals surface area contributed by atoms with Gasteiger partial charge in [-0.2, -0.15) is 4.57 Å². The van der Waals surface area contributed by atoms with Gasteiger partial charge in [-0.1, -0.05) is 38.1 Å². The number of pyridine rings is 1. The fourth-order valence-corrected chi connectivity index (χ4v) is 4.64. The molecule has 0 aliphatic carbocycles. The molecule has 3 aromatic carbocycles. The van der Waals surface area contributed by atoms with E-state index in [1.54, 1.807) is 6.07 Å². The summed E-state index contributed by atoms with van der Waals surface area (Å²) in [6.45, 7) is 4.29. The number of carbonyl (C=O) groups excluding carboxylic acids is 2. The van der Waals surface area contributed by atoms with Crippen LogP contribution in [0.2, 0.25) is 0 Å². The van der Waals surface area contributed by atoms with E-state index >= 15 is 0 Å². The predicted octanol–water partition coefficient (Wildman–Crippen LogP) is 5.52. The number of amides is 1. The van der Waals surface area contributed by atoms with E-state index in [1.807, 2.05) is 77.5 Å². The highest BCUT2D eigenvalue weighted by atomic mass is 16.1. The average Bonchev–Trinajstić information content (AvgIpc) is 3.34. The van der Waals surface area contributed by atoms with E-state index in [2.05, 4.69) is 24.1 Å². The van der Waals surface area contributed by atoms with E-state index < -0.39 is 0 Å². The van der Waals surface area contributed by atoms with Crippen molar-refractivity contribution in [2.75, 3.05) is 5.32 Å². The van der Waals surface area contributed by atoms with Crippen LogP contribution in [0.15, 0.2) is 79.0 Å². The second-order valence-electron chi connectivity index (χ2n) is 8.79. The molecule has 1 aliphatic heterocycles. The van der Waals surface area contributed by atoms with Gasteiger partial charge in [0.2, 0.25) is 5.69 Å². The van der Waals surface area contributed by atoms with Gasteiger partial charge in [0.15, 0.2) is 6.20 Å². The molecule has 160 valence electrons. The minimum Gasteiger partial charge on any atom is -0.349 e. The summed E-state index contributed by atoms with van der Waals surface area (Å²) in [5, 5.41) is 4.82. The van der Waals surface area contributed by atoms with Gasteiger partial charge in [-0.05, 0) is 47.9 Å². The van der Waals surface area contributed by atoms with E-state index in [1.165, 1.54) is 5.56 Å². The van der Waals surface area contributed by atoms with Gasteiger partial charge in [-0.25, -0.2) is 0 Å². The van der Waals surface area contributed by atoms with Crippen molar-refractivity contribution in [1.29, 1.82) is 0 Å². The fraction of sp³-hybridized carbons (Fsp3) is 0.107. The Hall–Kier alpha value is -4.25. The number of hydrogen-bond acceptors (Lipinski definition) is 2. The summed E-state index contributed by atoms with van der Waals surface area (Å²) in [6.07, 6.45) is 1.93. The second-order valence-corrected chi connectivity index (χ2v) is 8.79. The first-order valence-corrected chi connectivity index (χ1v) is 11.1. The third kappa shape index (κ3) is 2.97. The van der Waals surface area contributed by atoms with Gasteiger partial charge < -0.3 is 10.3 Å². The lowest BCUT2D eigenvalue weighted by molar-refractivity contribution is -0.592. The number of aromatic nitrogens is 2. The van der Waals surface area contributed by atoms with E-state index in [4.69, 9.17) is 0 Å². The van der Waals surface area contributed by atoms with Crippen molar-refractivity contribution in [2.45, 2.75) is 19.8 Å². The quantitative estimate of drug-likeness (QED) is 0.362. The molecule has 0 spiro atoms. The topological polar surface area (TPSA) is 65.8 Å². The molecule has 0 unspecified atom stereocenters. The highest BCUT2D eigenvalue weighted by molar-refractivity contribution is 6.21. The molecule has 0 radical (unpaired) electrons. The van der Waals surface area contributed by atoms with Gasteiger partial charge in [0.25, 0.3) is 17.4 Å². The number of hydrogen-bond donors (Lipinski definition) is 2. The first-order valence-electron chi connectivity index (χ1n) is 11.1. The van der Waals surface area contributed by atoms with Gasteiger partial charge in [-0.3, -0.25) is 9.59 Å². The Labute approximate surface area is 190 Å². The summed E-state index contributed by atoms with van der Waals surface area (Å²) in [4.78, 5) is 29.5. The Morgan fingerprint density at radius 3 is 2.52 bits per heavy atom. The second kappa shape index (κ2) is 7.14. The molecular weight excluding hydrogens is 410 g/mol.